The van der Waals surface area contributed by atoms with Gasteiger partial charge in [0.2, 0.25) is 5.91 Å². The first-order valence-electron chi connectivity index (χ1n) is 8.91. The fraction of sp³-hybridized carbons (Fsp3) is 0.143. The summed E-state index contributed by atoms with van der Waals surface area (Å²) in [5.74, 6) is 0.597. The number of nitrogens with zero attached hydrogens (tertiary/aromatic N) is 3. The summed E-state index contributed by atoms with van der Waals surface area (Å²) in [6, 6.07) is 11.5. The van der Waals surface area contributed by atoms with Gasteiger partial charge in [-0.15, -0.1) is 0 Å². The monoisotopic (exact) mass is 375 g/mol. The van der Waals surface area contributed by atoms with Gasteiger partial charge in [0.25, 0.3) is 0 Å². The number of hydrogen-bond acceptors (Lipinski definition) is 5. The standard InChI is InChI=1S/C21H18FN5O/c22-17-5-3-14(4-6-17)16-10-18(20(23)26-12-16)25-11-13-7-8-24-19(9-13)27-21(28)15-1-2-15/h3-12,15H,1-2H2,(H2,23,26)(H,24,27,28). The number of amides is 1. The zero-order chi connectivity index (χ0) is 19.5. The Morgan fingerprint density at radius 1 is 1.14 bits per heavy atom. The van der Waals surface area contributed by atoms with E-state index in [2.05, 4.69) is 20.3 Å². The van der Waals surface area contributed by atoms with Gasteiger partial charge in [-0.25, -0.2) is 14.4 Å². The van der Waals surface area contributed by atoms with Gasteiger partial charge in [0.1, 0.15) is 23.1 Å². The van der Waals surface area contributed by atoms with Crippen molar-refractivity contribution in [2.45, 2.75) is 12.8 Å². The van der Waals surface area contributed by atoms with Gasteiger partial charge < -0.3 is 11.1 Å². The van der Waals surface area contributed by atoms with E-state index in [4.69, 9.17) is 5.73 Å². The van der Waals surface area contributed by atoms with Crippen molar-refractivity contribution in [2.24, 2.45) is 10.9 Å². The number of nitrogens with one attached hydrogen (secondary N) is 1. The lowest BCUT2D eigenvalue weighted by Crippen LogP contribution is -2.14. The molecule has 1 aliphatic rings. The number of halogens is 1. The van der Waals surface area contributed by atoms with Crippen LogP contribution >= 0.6 is 0 Å². The van der Waals surface area contributed by atoms with Crippen molar-refractivity contribution in [2.75, 3.05) is 11.1 Å². The normalized spacial score (nSPS) is 13.6. The fourth-order valence-electron chi connectivity index (χ4n) is 2.68. The quantitative estimate of drug-likeness (QED) is 0.660. The van der Waals surface area contributed by atoms with Crippen LogP contribution in [0.1, 0.15) is 18.4 Å². The Morgan fingerprint density at radius 2 is 1.93 bits per heavy atom. The Kier molecular flexibility index (Phi) is 4.80. The third-order valence-electron chi connectivity index (χ3n) is 4.41. The highest BCUT2D eigenvalue weighted by molar-refractivity contribution is 5.94. The van der Waals surface area contributed by atoms with Crippen LogP contribution < -0.4 is 11.1 Å². The molecule has 140 valence electrons. The lowest BCUT2D eigenvalue weighted by molar-refractivity contribution is -0.117. The summed E-state index contributed by atoms with van der Waals surface area (Å²) in [6.45, 7) is 0. The Labute approximate surface area is 161 Å². The number of aromatic nitrogens is 2. The summed E-state index contributed by atoms with van der Waals surface area (Å²) in [6.07, 6.45) is 6.74. The summed E-state index contributed by atoms with van der Waals surface area (Å²) in [4.78, 5) is 24.6. The van der Waals surface area contributed by atoms with Crippen LogP contribution in [-0.2, 0) is 4.79 Å². The predicted molar refractivity (Wildman–Crippen MR) is 107 cm³/mol. The fourth-order valence-corrected chi connectivity index (χ4v) is 2.68. The molecule has 0 atom stereocenters. The molecule has 28 heavy (non-hydrogen) atoms. The van der Waals surface area contributed by atoms with Crippen LogP contribution in [0.25, 0.3) is 11.1 Å². The van der Waals surface area contributed by atoms with Crippen LogP contribution in [0.15, 0.2) is 59.9 Å². The Hall–Kier alpha value is -3.61. The largest absolute Gasteiger partial charge is 0.382 e. The van der Waals surface area contributed by atoms with Crippen molar-refractivity contribution in [3.8, 4) is 11.1 Å². The van der Waals surface area contributed by atoms with E-state index >= 15 is 0 Å². The van der Waals surface area contributed by atoms with Gasteiger partial charge in [-0.1, -0.05) is 12.1 Å². The zero-order valence-corrected chi connectivity index (χ0v) is 15.0. The van der Waals surface area contributed by atoms with Gasteiger partial charge in [-0.2, -0.15) is 0 Å². The molecule has 6 nitrogen and oxygen atoms in total. The first-order valence-corrected chi connectivity index (χ1v) is 8.91. The molecule has 1 aliphatic carbocycles. The number of nitrogens with two attached hydrogens (primary N) is 1. The Balaban J connectivity index is 1.54. The van der Waals surface area contributed by atoms with E-state index in [9.17, 15) is 9.18 Å². The minimum Gasteiger partial charge on any atom is -0.382 e. The molecule has 0 spiro atoms. The molecule has 3 aromatic rings. The third-order valence-corrected chi connectivity index (χ3v) is 4.41. The average molecular weight is 375 g/mol. The molecular weight excluding hydrogens is 357 g/mol. The molecule has 0 saturated heterocycles. The van der Waals surface area contributed by atoms with E-state index < -0.39 is 0 Å². The number of rotatable bonds is 5. The topological polar surface area (TPSA) is 93.3 Å². The van der Waals surface area contributed by atoms with E-state index in [1.54, 1.807) is 48.9 Å². The highest BCUT2D eigenvalue weighted by Gasteiger charge is 2.29. The van der Waals surface area contributed by atoms with Gasteiger partial charge in [0.15, 0.2) is 0 Å². The molecule has 2 aromatic heterocycles. The maximum absolute atomic E-state index is 13.1. The van der Waals surface area contributed by atoms with Crippen LogP contribution in [0.3, 0.4) is 0 Å². The third kappa shape index (κ3) is 4.20. The smallest absolute Gasteiger partial charge is 0.228 e. The lowest BCUT2D eigenvalue weighted by atomic mass is 10.1. The highest BCUT2D eigenvalue weighted by Crippen LogP contribution is 2.30. The number of pyridine rings is 2. The molecule has 0 bridgehead atoms. The first kappa shape index (κ1) is 17.8. The molecule has 1 amide bonds. The summed E-state index contributed by atoms with van der Waals surface area (Å²) in [5, 5.41) is 2.81. The predicted octanol–water partition coefficient (Wildman–Crippen LogP) is 3.96. The molecule has 2 heterocycles. The van der Waals surface area contributed by atoms with E-state index in [0.717, 1.165) is 29.5 Å². The number of benzene rings is 1. The highest BCUT2D eigenvalue weighted by atomic mass is 19.1. The van der Waals surface area contributed by atoms with Crippen LogP contribution in [0.4, 0.5) is 21.7 Å². The van der Waals surface area contributed by atoms with Crippen LogP contribution in [-0.4, -0.2) is 22.1 Å². The molecule has 1 aromatic carbocycles. The van der Waals surface area contributed by atoms with E-state index in [0.29, 0.717) is 17.3 Å². The van der Waals surface area contributed by atoms with Crippen molar-refractivity contribution < 1.29 is 9.18 Å². The van der Waals surface area contributed by atoms with Gasteiger partial charge >= 0.3 is 0 Å². The number of carbonyl (C=O) groups is 1. The van der Waals surface area contributed by atoms with Crippen molar-refractivity contribution >= 4 is 29.4 Å². The van der Waals surface area contributed by atoms with Gasteiger partial charge in [-0.3, -0.25) is 9.79 Å². The van der Waals surface area contributed by atoms with E-state index in [1.807, 2.05) is 0 Å². The molecule has 0 radical (unpaired) electrons. The maximum Gasteiger partial charge on any atom is 0.228 e. The lowest BCUT2D eigenvalue weighted by Gasteiger charge is -2.05. The SMILES string of the molecule is Nc1ncc(-c2ccc(F)cc2)cc1N=Cc1ccnc(NC(=O)C2CC2)c1. The Morgan fingerprint density at radius 3 is 2.68 bits per heavy atom. The molecule has 3 N–H and O–H groups in total. The first-order chi connectivity index (χ1) is 13.6. The number of carbonyl (C=O) groups excluding carboxylic acids is 1. The van der Waals surface area contributed by atoms with Crippen molar-refractivity contribution in [1.82, 2.24) is 9.97 Å². The van der Waals surface area contributed by atoms with Crippen LogP contribution in [0.5, 0.6) is 0 Å². The van der Waals surface area contributed by atoms with Crippen molar-refractivity contribution in [1.29, 1.82) is 0 Å². The number of anilines is 2. The minimum atomic E-state index is -0.298. The Bertz CT molecular complexity index is 1040. The molecule has 4 rings (SSSR count). The average Bonchev–Trinajstić information content (AvgIpc) is 3.54. The maximum atomic E-state index is 13.1. The second-order valence-corrected chi connectivity index (χ2v) is 6.63. The van der Waals surface area contributed by atoms with Gasteiger partial charge in [0.05, 0.1) is 0 Å². The molecular formula is C21H18FN5O. The summed E-state index contributed by atoms with van der Waals surface area (Å²) >= 11 is 0. The van der Waals surface area contributed by atoms with Crippen LogP contribution in [0, 0.1) is 11.7 Å². The molecule has 1 fully saturated rings. The minimum absolute atomic E-state index is 0.00188. The molecule has 0 unspecified atom stereocenters. The second kappa shape index (κ2) is 7.56. The molecule has 0 aliphatic heterocycles. The summed E-state index contributed by atoms with van der Waals surface area (Å²) < 4.78 is 13.1. The van der Waals surface area contributed by atoms with Crippen LogP contribution in [0.2, 0.25) is 0 Å². The van der Waals surface area contributed by atoms with E-state index in [-0.39, 0.29) is 17.6 Å². The van der Waals surface area contributed by atoms with E-state index in [1.165, 1.54) is 12.1 Å². The summed E-state index contributed by atoms with van der Waals surface area (Å²) in [7, 11) is 0. The molecule has 1 saturated carbocycles. The zero-order valence-electron chi connectivity index (χ0n) is 15.0. The number of nitrogen functional groups attached to an aromatic ring is 1. The van der Waals surface area contributed by atoms with Crippen molar-refractivity contribution in [3.63, 3.8) is 0 Å². The van der Waals surface area contributed by atoms with Gasteiger partial charge in [-0.05, 0) is 54.3 Å². The van der Waals surface area contributed by atoms with Crippen molar-refractivity contribution in [3.05, 3.63) is 66.2 Å². The summed E-state index contributed by atoms with van der Waals surface area (Å²) in [5.41, 5.74) is 8.82. The molecule has 7 heteroatoms. The second-order valence-electron chi connectivity index (χ2n) is 6.63. The number of aliphatic imine (C=N–C) groups is 1. The van der Waals surface area contributed by atoms with Gasteiger partial charge in [0, 0.05) is 30.1 Å². The number of hydrogen-bond donors (Lipinski definition) is 2.